The van der Waals surface area contributed by atoms with E-state index in [4.69, 9.17) is 11.6 Å². The van der Waals surface area contributed by atoms with Gasteiger partial charge in [-0.2, -0.15) is 0 Å². The van der Waals surface area contributed by atoms with Crippen LogP contribution in [0.1, 0.15) is 29.3 Å². The van der Waals surface area contributed by atoms with Crippen LogP contribution in [0.15, 0.2) is 54.7 Å². The van der Waals surface area contributed by atoms with Crippen LogP contribution < -0.4 is 0 Å². The van der Waals surface area contributed by atoms with Gasteiger partial charge in [-0.15, -0.1) is 0 Å². The average Bonchev–Trinajstić information content (AvgIpc) is 3.07. The third-order valence-electron chi connectivity index (χ3n) is 5.26. The van der Waals surface area contributed by atoms with Gasteiger partial charge in [0.15, 0.2) is 0 Å². The summed E-state index contributed by atoms with van der Waals surface area (Å²) in [4.78, 5) is 12.8. The number of nitro groups is 1. The van der Waals surface area contributed by atoms with Crippen molar-refractivity contribution >= 4 is 17.3 Å². The molecule has 29 heavy (non-hydrogen) atoms. The fourth-order valence-electron chi connectivity index (χ4n) is 3.91. The van der Waals surface area contributed by atoms with Crippen LogP contribution in [0.4, 0.5) is 14.5 Å². The normalized spacial score (nSPS) is 17.0. The van der Waals surface area contributed by atoms with Gasteiger partial charge in [0.25, 0.3) is 5.69 Å². The van der Waals surface area contributed by atoms with Crippen LogP contribution in [0.3, 0.4) is 0 Å². The summed E-state index contributed by atoms with van der Waals surface area (Å²) < 4.78 is 30.7. The van der Waals surface area contributed by atoms with Gasteiger partial charge in [-0.25, -0.2) is 8.78 Å². The van der Waals surface area contributed by atoms with E-state index >= 15 is 0 Å². The van der Waals surface area contributed by atoms with E-state index in [-0.39, 0.29) is 17.8 Å². The molecule has 0 N–H and O–H groups in total. The van der Waals surface area contributed by atoms with Gasteiger partial charge >= 0.3 is 0 Å². The molecule has 0 radical (unpaired) electrons. The molecule has 0 saturated heterocycles. The zero-order chi connectivity index (χ0) is 20.5. The topological polar surface area (TPSA) is 51.3 Å². The van der Waals surface area contributed by atoms with E-state index < -0.39 is 22.6 Å². The Hall–Kier alpha value is -2.77. The maximum absolute atomic E-state index is 14.3. The van der Waals surface area contributed by atoms with Gasteiger partial charge < -0.3 is 4.57 Å². The molecule has 1 aliphatic heterocycles. The van der Waals surface area contributed by atoms with E-state index in [1.54, 1.807) is 0 Å². The summed E-state index contributed by atoms with van der Waals surface area (Å²) >= 11 is 6.45. The number of rotatable bonds is 4. The number of fused-ring (bicyclic) bond motifs is 1. The van der Waals surface area contributed by atoms with Crippen molar-refractivity contribution in [2.24, 2.45) is 0 Å². The summed E-state index contributed by atoms with van der Waals surface area (Å²) in [7, 11) is 0. The van der Waals surface area contributed by atoms with Crippen molar-refractivity contribution in [2.45, 2.75) is 25.6 Å². The molecule has 1 aliphatic rings. The number of non-ortho nitro benzene ring substituents is 1. The molecular weight excluding hydrogens is 400 g/mol. The number of nitrogens with zero attached hydrogens (tertiary/aromatic N) is 3. The first-order valence-corrected chi connectivity index (χ1v) is 9.59. The summed E-state index contributed by atoms with van der Waals surface area (Å²) in [6.45, 7) is 1.31. The second-order valence-electron chi connectivity index (χ2n) is 7.02. The molecule has 2 aromatic carbocycles. The molecule has 150 valence electrons. The highest BCUT2D eigenvalue weighted by Crippen LogP contribution is 2.38. The van der Waals surface area contributed by atoms with Crippen LogP contribution in [0.5, 0.6) is 0 Å². The highest BCUT2D eigenvalue weighted by molar-refractivity contribution is 6.31. The number of hydrogen-bond acceptors (Lipinski definition) is 3. The Morgan fingerprint density at radius 1 is 1.10 bits per heavy atom. The minimum Gasteiger partial charge on any atom is -0.350 e. The number of hydrogen-bond donors (Lipinski definition) is 0. The summed E-state index contributed by atoms with van der Waals surface area (Å²) in [5.74, 6) is -1.23. The van der Waals surface area contributed by atoms with Gasteiger partial charge in [0, 0.05) is 59.8 Å². The lowest BCUT2D eigenvalue weighted by atomic mass is 10.00. The lowest BCUT2D eigenvalue weighted by molar-refractivity contribution is -0.384. The lowest BCUT2D eigenvalue weighted by Gasteiger charge is -2.31. The number of benzene rings is 2. The van der Waals surface area contributed by atoms with Gasteiger partial charge in [0.1, 0.15) is 11.6 Å². The first kappa shape index (κ1) is 19.5. The molecule has 0 saturated carbocycles. The SMILES string of the molecule is O=[N+]([O-])c1ccc(Cl)c([C@@H]2c3cccn3CCCN2Cc2c(F)cccc2F)c1. The first-order chi connectivity index (χ1) is 14.0. The summed E-state index contributed by atoms with van der Waals surface area (Å²) in [5, 5.41) is 11.7. The Balaban J connectivity index is 1.84. The first-order valence-electron chi connectivity index (χ1n) is 9.21. The van der Waals surface area contributed by atoms with Crippen molar-refractivity contribution in [2.75, 3.05) is 6.54 Å². The van der Waals surface area contributed by atoms with Crippen molar-refractivity contribution in [3.63, 3.8) is 0 Å². The molecular formula is C21H18ClF2N3O2. The zero-order valence-corrected chi connectivity index (χ0v) is 16.1. The molecule has 2 heterocycles. The van der Waals surface area contributed by atoms with Gasteiger partial charge in [-0.05, 0) is 36.8 Å². The van der Waals surface area contributed by atoms with Crippen LogP contribution in [0, 0.1) is 21.7 Å². The Bertz CT molecular complexity index is 1050. The predicted octanol–water partition coefficient (Wildman–Crippen LogP) is 5.32. The van der Waals surface area contributed by atoms with E-state index in [2.05, 4.69) is 4.57 Å². The molecule has 0 spiro atoms. The van der Waals surface area contributed by atoms with E-state index in [1.165, 1.54) is 36.4 Å². The quantitative estimate of drug-likeness (QED) is 0.426. The number of aromatic nitrogens is 1. The molecule has 1 atom stereocenters. The lowest BCUT2D eigenvalue weighted by Crippen LogP contribution is -2.30. The van der Waals surface area contributed by atoms with Crippen molar-refractivity contribution in [1.82, 2.24) is 9.47 Å². The summed E-state index contributed by atoms with van der Waals surface area (Å²) in [5.41, 5.74) is 1.31. The van der Waals surface area contributed by atoms with Gasteiger partial charge in [0.2, 0.25) is 0 Å². The molecule has 4 rings (SSSR count). The Morgan fingerprint density at radius 2 is 1.86 bits per heavy atom. The largest absolute Gasteiger partial charge is 0.350 e. The van der Waals surface area contributed by atoms with E-state index in [0.717, 1.165) is 18.7 Å². The second-order valence-corrected chi connectivity index (χ2v) is 7.42. The minimum atomic E-state index is -0.617. The number of halogens is 3. The van der Waals surface area contributed by atoms with Crippen molar-refractivity contribution < 1.29 is 13.7 Å². The van der Waals surface area contributed by atoms with Crippen molar-refractivity contribution in [3.8, 4) is 0 Å². The Kier molecular flexibility index (Phi) is 5.34. The molecule has 0 amide bonds. The number of aryl methyl sites for hydroxylation is 1. The monoisotopic (exact) mass is 417 g/mol. The average molecular weight is 418 g/mol. The highest BCUT2D eigenvalue weighted by Gasteiger charge is 2.31. The third kappa shape index (κ3) is 3.75. The van der Waals surface area contributed by atoms with E-state index in [1.807, 2.05) is 23.2 Å². The molecule has 8 heteroatoms. The molecule has 0 bridgehead atoms. The summed E-state index contributed by atoms with van der Waals surface area (Å²) in [6, 6.07) is 11.4. The smallest absolute Gasteiger partial charge is 0.269 e. The zero-order valence-electron chi connectivity index (χ0n) is 15.4. The van der Waals surface area contributed by atoms with Crippen LogP contribution in [-0.2, 0) is 13.1 Å². The third-order valence-corrected chi connectivity index (χ3v) is 5.61. The Labute approximate surface area is 171 Å². The number of nitro benzene ring substituents is 1. The molecule has 5 nitrogen and oxygen atoms in total. The molecule has 0 unspecified atom stereocenters. The minimum absolute atomic E-state index is 0.0212. The van der Waals surface area contributed by atoms with Gasteiger partial charge in [-0.3, -0.25) is 15.0 Å². The van der Waals surface area contributed by atoms with Crippen molar-refractivity contribution in [1.29, 1.82) is 0 Å². The van der Waals surface area contributed by atoms with E-state index in [0.29, 0.717) is 17.1 Å². The molecule has 0 aliphatic carbocycles. The second kappa shape index (κ2) is 7.93. The molecule has 3 aromatic rings. The predicted molar refractivity (Wildman–Crippen MR) is 106 cm³/mol. The standard InChI is InChI=1S/C21H18ClF2N3O2/c22-17-8-7-14(27(28)29)12-15(17)21-20-6-2-9-25(20)10-3-11-26(21)13-16-18(23)4-1-5-19(16)24/h1-2,4-9,12,21H,3,10-11,13H2/t21-/m1/s1. The highest BCUT2D eigenvalue weighted by atomic mass is 35.5. The maximum Gasteiger partial charge on any atom is 0.269 e. The maximum atomic E-state index is 14.3. The Morgan fingerprint density at radius 3 is 2.59 bits per heavy atom. The molecule has 1 aromatic heterocycles. The van der Waals surface area contributed by atoms with Gasteiger partial charge in [-0.1, -0.05) is 17.7 Å². The van der Waals surface area contributed by atoms with E-state index in [9.17, 15) is 18.9 Å². The van der Waals surface area contributed by atoms with Crippen LogP contribution >= 0.6 is 11.6 Å². The fourth-order valence-corrected chi connectivity index (χ4v) is 4.13. The fraction of sp³-hybridized carbons (Fsp3) is 0.238. The van der Waals surface area contributed by atoms with Crippen LogP contribution in [0.25, 0.3) is 0 Å². The van der Waals surface area contributed by atoms with Crippen molar-refractivity contribution in [3.05, 3.63) is 98.3 Å². The van der Waals surface area contributed by atoms with Crippen LogP contribution in [0.2, 0.25) is 5.02 Å². The summed E-state index contributed by atoms with van der Waals surface area (Å²) in [6.07, 6.45) is 2.70. The molecule has 0 fully saturated rings. The van der Waals surface area contributed by atoms with Gasteiger partial charge in [0.05, 0.1) is 11.0 Å². The van der Waals surface area contributed by atoms with Crippen LogP contribution in [-0.4, -0.2) is 20.9 Å².